The Hall–Kier alpha value is 0.177. The molecule has 1 aliphatic heterocycles. The van der Waals surface area contributed by atoms with Gasteiger partial charge in [0.2, 0.25) is 0 Å². The first kappa shape index (κ1) is 9.27. The Labute approximate surface area is 70.8 Å². The minimum absolute atomic E-state index is 0.417. The fraction of sp³-hybridized carbons (Fsp3) is 1.00. The summed E-state index contributed by atoms with van der Waals surface area (Å²) < 4.78 is 0. The summed E-state index contributed by atoms with van der Waals surface area (Å²) >= 11 is 0. The van der Waals surface area contributed by atoms with Crippen LogP contribution in [0, 0.1) is 11.8 Å². The van der Waals surface area contributed by atoms with Gasteiger partial charge in [-0.05, 0) is 18.3 Å². The van der Waals surface area contributed by atoms with Gasteiger partial charge in [-0.1, -0.05) is 32.1 Å². The van der Waals surface area contributed by atoms with E-state index in [1.54, 1.807) is 0 Å². The highest BCUT2D eigenvalue weighted by Crippen LogP contribution is 2.35. The lowest BCUT2D eigenvalue weighted by atomic mass is 9.99. The molecule has 1 fully saturated rings. The zero-order valence-corrected chi connectivity index (χ0v) is 8.93. The lowest BCUT2D eigenvalue weighted by molar-refractivity contribution is 0.210. The predicted octanol–water partition coefficient (Wildman–Crippen LogP) is 2.34. The molecule has 1 nitrogen and oxygen atoms in total. The van der Waals surface area contributed by atoms with E-state index in [1.165, 1.54) is 18.5 Å². The van der Waals surface area contributed by atoms with Gasteiger partial charge < -0.3 is 5.11 Å². The second kappa shape index (κ2) is 3.28. The Morgan fingerprint density at radius 3 is 2.45 bits per heavy atom. The van der Waals surface area contributed by atoms with Crippen LogP contribution >= 0.6 is 0 Å². The van der Waals surface area contributed by atoms with Crippen molar-refractivity contribution in [2.75, 3.05) is 6.61 Å². The summed E-state index contributed by atoms with van der Waals surface area (Å²) in [7, 11) is -0.898. The summed E-state index contributed by atoms with van der Waals surface area (Å²) in [5, 5.41) is 9.06. The lowest BCUT2D eigenvalue weighted by Crippen LogP contribution is -2.37. The van der Waals surface area contributed by atoms with Crippen molar-refractivity contribution in [2.45, 2.75) is 38.5 Å². The molecule has 1 aliphatic rings. The van der Waals surface area contributed by atoms with Gasteiger partial charge in [0.15, 0.2) is 0 Å². The average molecular weight is 172 g/mol. The zero-order chi connectivity index (χ0) is 8.48. The highest BCUT2D eigenvalue weighted by Gasteiger charge is 2.32. The van der Waals surface area contributed by atoms with Crippen LogP contribution in [0.5, 0.6) is 0 Å². The third kappa shape index (κ3) is 2.60. The second-order valence-corrected chi connectivity index (χ2v) is 10.1. The number of aliphatic hydroxyl groups excluding tert-OH is 1. The van der Waals surface area contributed by atoms with Gasteiger partial charge in [0.1, 0.15) is 0 Å². The van der Waals surface area contributed by atoms with E-state index in [1.807, 2.05) is 0 Å². The molecule has 1 saturated heterocycles. The molecule has 0 bridgehead atoms. The lowest BCUT2D eigenvalue weighted by Gasteiger charge is -2.36. The van der Waals surface area contributed by atoms with E-state index in [4.69, 9.17) is 5.11 Å². The first-order chi connectivity index (χ1) is 5.03. The normalized spacial score (nSPS) is 37.1. The van der Waals surface area contributed by atoms with Gasteiger partial charge in [-0.15, -0.1) is 0 Å². The number of rotatable bonds is 1. The SMILES string of the molecule is C[C@H]1C[C@@H](CO)C[Si](C)(C)C1. The van der Waals surface area contributed by atoms with Crippen molar-refractivity contribution >= 4 is 8.07 Å². The van der Waals surface area contributed by atoms with Crippen molar-refractivity contribution < 1.29 is 5.11 Å². The molecular formula is C9H20OSi. The molecule has 0 aromatic carbocycles. The minimum atomic E-state index is -0.898. The standard InChI is InChI=1S/C9H20OSi/c1-8-4-9(5-10)7-11(2,3)6-8/h8-10H,4-7H2,1-3H3/t8-,9-/m0/s1. The fourth-order valence-electron chi connectivity index (χ4n) is 2.68. The smallest absolute Gasteiger partial charge is 0.0479 e. The summed E-state index contributed by atoms with van der Waals surface area (Å²) in [6.07, 6.45) is 1.26. The Balaban J connectivity index is 2.51. The Morgan fingerprint density at radius 1 is 1.36 bits per heavy atom. The topological polar surface area (TPSA) is 20.2 Å². The van der Waals surface area contributed by atoms with Crippen LogP contribution < -0.4 is 0 Å². The Morgan fingerprint density at radius 2 is 2.00 bits per heavy atom. The van der Waals surface area contributed by atoms with Crippen LogP contribution in [0.15, 0.2) is 0 Å². The van der Waals surface area contributed by atoms with Crippen LogP contribution in [0.2, 0.25) is 25.2 Å². The van der Waals surface area contributed by atoms with E-state index < -0.39 is 8.07 Å². The van der Waals surface area contributed by atoms with Gasteiger partial charge in [0, 0.05) is 14.7 Å². The number of aliphatic hydroxyl groups is 1. The summed E-state index contributed by atoms with van der Waals surface area (Å²) in [6, 6.07) is 2.80. The maximum absolute atomic E-state index is 9.06. The third-order valence-corrected chi connectivity index (χ3v) is 6.22. The molecule has 2 atom stereocenters. The first-order valence-corrected chi connectivity index (χ1v) is 8.06. The van der Waals surface area contributed by atoms with E-state index in [9.17, 15) is 0 Å². The molecule has 0 spiro atoms. The molecule has 0 amide bonds. The molecule has 11 heavy (non-hydrogen) atoms. The maximum atomic E-state index is 9.06. The van der Waals surface area contributed by atoms with Crippen LogP contribution in [0.1, 0.15) is 13.3 Å². The summed E-state index contributed by atoms with van der Waals surface area (Å²) in [6.45, 7) is 7.65. The van der Waals surface area contributed by atoms with Crippen LogP contribution in [-0.4, -0.2) is 19.8 Å². The highest BCUT2D eigenvalue weighted by molar-refractivity contribution is 6.77. The molecular weight excluding hydrogens is 152 g/mol. The molecule has 0 unspecified atom stereocenters. The van der Waals surface area contributed by atoms with E-state index in [0.29, 0.717) is 12.5 Å². The number of hydrogen-bond donors (Lipinski definition) is 1. The summed E-state index contributed by atoms with van der Waals surface area (Å²) in [5.41, 5.74) is 0. The summed E-state index contributed by atoms with van der Waals surface area (Å²) in [5.74, 6) is 1.49. The molecule has 0 saturated carbocycles. The minimum Gasteiger partial charge on any atom is -0.396 e. The van der Waals surface area contributed by atoms with Gasteiger partial charge in [-0.3, -0.25) is 0 Å². The predicted molar refractivity (Wildman–Crippen MR) is 51.5 cm³/mol. The van der Waals surface area contributed by atoms with Crippen molar-refractivity contribution in [1.29, 1.82) is 0 Å². The van der Waals surface area contributed by atoms with Crippen molar-refractivity contribution in [3.05, 3.63) is 0 Å². The Kier molecular flexibility index (Phi) is 2.76. The van der Waals surface area contributed by atoms with E-state index in [2.05, 4.69) is 20.0 Å². The third-order valence-electron chi connectivity index (χ3n) is 2.74. The largest absolute Gasteiger partial charge is 0.396 e. The molecule has 0 aromatic rings. The maximum Gasteiger partial charge on any atom is 0.0479 e. The van der Waals surface area contributed by atoms with E-state index in [0.717, 1.165) is 5.92 Å². The summed E-state index contributed by atoms with van der Waals surface area (Å²) in [4.78, 5) is 0. The average Bonchev–Trinajstić information content (AvgIpc) is 1.83. The Bertz CT molecular complexity index is 134. The quantitative estimate of drug-likeness (QED) is 0.602. The zero-order valence-electron chi connectivity index (χ0n) is 7.93. The molecule has 2 heteroatoms. The highest BCUT2D eigenvalue weighted by atomic mass is 28.3. The monoisotopic (exact) mass is 172 g/mol. The van der Waals surface area contributed by atoms with Crippen molar-refractivity contribution in [2.24, 2.45) is 11.8 Å². The van der Waals surface area contributed by atoms with Crippen LogP contribution in [0.25, 0.3) is 0 Å². The van der Waals surface area contributed by atoms with Gasteiger partial charge in [-0.25, -0.2) is 0 Å². The molecule has 0 aromatic heterocycles. The van der Waals surface area contributed by atoms with Crippen LogP contribution in [0.4, 0.5) is 0 Å². The first-order valence-electron chi connectivity index (χ1n) is 4.64. The van der Waals surface area contributed by atoms with Crippen molar-refractivity contribution in [3.8, 4) is 0 Å². The van der Waals surface area contributed by atoms with Crippen LogP contribution in [-0.2, 0) is 0 Å². The number of hydrogen-bond acceptors (Lipinski definition) is 1. The van der Waals surface area contributed by atoms with E-state index in [-0.39, 0.29) is 0 Å². The molecule has 66 valence electrons. The molecule has 1 heterocycles. The second-order valence-electron chi connectivity index (χ2n) is 4.96. The van der Waals surface area contributed by atoms with E-state index >= 15 is 0 Å². The van der Waals surface area contributed by atoms with Gasteiger partial charge in [0.05, 0.1) is 0 Å². The van der Waals surface area contributed by atoms with Crippen LogP contribution in [0.3, 0.4) is 0 Å². The van der Waals surface area contributed by atoms with Gasteiger partial charge in [-0.2, -0.15) is 0 Å². The molecule has 0 aliphatic carbocycles. The fourth-order valence-corrected chi connectivity index (χ4v) is 6.76. The van der Waals surface area contributed by atoms with Gasteiger partial charge in [0.25, 0.3) is 0 Å². The molecule has 1 N–H and O–H groups in total. The van der Waals surface area contributed by atoms with Gasteiger partial charge >= 0.3 is 0 Å². The van der Waals surface area contributed by atoms with Crippen molar-refractivity contribution in [1.82, 2.24) is 0 Å². The molecule has 0 radical (unpaired) electrons. The van der Waals surface area contributed by atoms with Crippen molar-refractivity contribution in [3.63, 3.8) is 0 Å². The molecule has 1 rings (SSSR count).